The van der Waals surface area contributed by atoms with Crippen LogP contribution in [0.4, 0.5) is 20.2 Å². The Morgan fingerprint density at radius 2 is 1.58 bits per heavy atom. The predicted molar refractivity (Wildman–Crippen MR) is 114 cm³/mol. The van der Waals surface area contributed by atoms with Crippen molar-refractivity contribution in [2.75, 3.05) is 16.8 Å². The van der Waals surface area contributed by atoms with Crippen LogP contribution < -0.4 is 10.2 Å². The average Bonchev–Trinajstić information content (AvgIpc) is 3.01. The van der Waals surface area contributed by atoms with Crippen LogP contribution in [0.25, 0.3) is 0 Å². The lowest BCUT2D eigenvalue weighted by Gasteiger charge is -2.15. The van der Waals surface area contributed by atoms with Gasteiger partial charge >= 0.3 is 5.97 Å². The summed E-state index contributed by atoms with van der Waals surface area (Å²) in [7, 11) is 0. The maximum atomic E-state index is 13.2. The van der Waals surface area contributed by atoms with E-state index in [9.17, 15) is 28.0 Å². The SMILES string of the molecule is O=C(COC(=O)c1ccc2c(c1)C(=O)N(c1ccccc1Cl)C2=O)Nc1cc(F)cc(F)c1. The Balaban J connectivity index is 1.46. The topological polar surface area (TPSA) is 92.8 Å². The monoisotopic (exact) mass is 470 g/mol. The van der Waals surface area contributed by atoms with Crippen molar-refractivity contribution in [3.63, 3.8) is 0 Å². The highest BCUT2D eigenvalue weighted by Gasteiger charge is 2.38. The summed E-state index contributed by atoms with van der Waals surface area (Å²) in [4.78, 5) is 50.7. The summed E-state index contributed by atoms with van der Waals surface area (Å²) in [6.45, 7) is -0.743. The fourth-order valence-electron chi connectivity index (χ4n) is 3.26. The molecule has 0 bridgehead atoms. The van der Waals surface area contributed by atoms with Crippen LogP contribution in [0.1, 0.15) is 31.1 Å². The van der Waals surface area contributed by atoms with Gasteiger partial charge in [0.05, 0.1) is 27.4 Å². The molecule has 1 aliphatic heterocycles. The quantitative estimate of drug-likeness (QED) is 0.445. The molecule has 0 spiro atoms. The van der Waals surface area contributed by atoms with Crippen LogP contribution in [0.15, 0.2) is 60.7 Å². The number of hydrogen-bond acceptors (Lipinski definition) is 5. The van der Waals surface area contributed by atoms with Crippen molar-refractivity contribution in [1.82, 2.24) is 0 Å². The Morgan fingerprint density at radius 3 is 2.27 bits per heavy atom. The molecular formula is C23H13ClF2N2O5. The molecule has 0 aromatic heterocycles. The van der Waals surface area contributed by atoms with E-state index in [1.54, 1.807) is 12.1 Å². The van der Waals surface area contributed by atoms with E-state index in [-0.39, 0.29) is 33.1 Å². The fraction of sp³-hybridized carbons (Fsp3) is 0.0435. The second-order valence-electron chi connectivity index (χ2n) is 6.94. The van der Waals surface area contributed by atoms with Gasteiger partial charge in [0.2, 0.25) is 0 Å². The molecule has 0 atom stereocenters. The molecule has 3 amide bonds. The van der Waals surface area contributed by atoms with Crippen molar-refractivity contribution in [3.8, 4) is 0 Å². The highest BCUT2D eigenvalue weighted by Crippen LogP contribution is 2.33. The molecule has 4 rings (SSSR count). The number of benzene rings is 3. The van der Waals surface area contributed by atoms with Gasteiger partial charge in [-0.15, -0.1) is 0 Å². The Bertz CT molecular complexity index is 1310. The lowest BCUT2D eigenvalue weighted by Crippen LogP contribution is -2.29. The maximum absolute atomic E-state index is 13.2. The third kappa shape index (κ3) is 4.44. The summed E-state index contributed by atoms with van der Waals surface area (Å²) >= 11 is 6.11. The molecule has 1 heterocycles. The minimum absolute atomic E-state index is 0.0194. The number of anilines is 2. The van der Waals surface area contributed by atoms with E-state index in [1.807, 2.05) is 0 Å². The molecule has 166 valence electrons. The van der Waals surface area contributed by atoms with E-state index in [2.05, 4.69) is 5.32 Å². The van der Waals surface area contributed by atoms with Gasteiger partial charge in [-0.1, -0.05) is 23.7 Å². The zero-order valence-electron chi connectivity index (χ0n) is 16.6. The summed E-state index contributed by atoms with van der Waals surface area (Å²) in [6, 6.07) is 12.5. The number of hydrogen-bond donors (Lipinski definition) is 1. The van der Waals surface area contributed by atoms with Crippen molar-refractivity contribution >= 4 is 46.7 Å². The van der Waals surface area contributed by atoms with Crippen LogP contribution >= 0.6 is 11.6 Å². The minimum Gasteiger partial charge on any atom is -0.452 e. The fourth-order valence-corrected chi connectivity index (χ4v) is 3.48. The van der Waals surface area contributed by atoms with Crippen molar-refractivity contribution in [1.29, 1.82) is 0 Å². The number of halogens is 3. The molecule has 0 aliphatic carbocycles. The van der Waals surface area contributed by atoms with Gasteiger partial charge in [-0.25, -0.2) is 18.5 Å². The molecule has 7 nitrogen and oxygen atoms in total. The number of imide groups is 1. The number of nitrogens with zero attached hydrogens (tertiary/aromatic N) is 1. The van der Waals surface area contributed by atoms with Crippen molar-refractivity contribution in [3.05, 3.63) is 94.0 Å². The molecule has 3 aromatic carbocycles. The first-order chi connectivity index (χ1) is 15.7. The third-order valence-electron chi connectivity index (χ3n) is 4.70. The summed E-state index contributed by atoms with van der Waals surface area (Å²) in [5.74, 6) is -4.79. The molecule has 10 heteroatoms. The van der Waals surface area contributed by atoms with Crippen LogP contribution in [0.3, 0.4) is 0 Å². The van der Waals surface area contributed by atoms with Gasteiger partial charge in [-0.05, 0) is 42.5 Å². The highest BCUT2D eigenvalue weighted by molar-refractivity contribution is 6.39. The van der Waals surface area contributed by atoms with Gasteiger partial charge < -0.3 is 10.1 Å². The third-order valence-corrected chi connectivity index (χ3v) is 5.02. The van der Waals surface area contributed by atoms with Gasteiger partial charge in [0, 0.05) is 11.8 Å². The summed E-state index contributed by atoms with van der Waals surface area (Å²) in [5, 5.41) is 2.40. The Morgan fingerprint density at radius 1 is 0.909 bits per heavy atom. The second-order valence-corrected chi connectivity index (χ2v) is 7.35. The second kappa shape index (κ2) is 8.79. The van der Waals surface area contributed by atoms with Crippen LogP contribution in [-0.4, -0.2) is 30.3 Å². The highest BCUT2D eigenvalue weighted by atomic mass is 35.5. The zero-order valence-corrected chi connectivity index (χ0v) is 17.4. The van der Waals surface area contributed by atoms with Crippen molar-refractivity contribution < 1.29 is 32.7 Å². The molecule has 0 saturated heterocycles. The minimum atomic E-state index is -0.935. The zero-order chi connectivity index (χ0) is 23.7. The van der Waals surface area contributed by atoms with E-state index >= 15 is 0 Å². The van der Waals surface area contributed by atoms with Gasteiger partial charge in [0.15, 0.2) is 6.61 Å². The molecule has 0 radical (unpaired) electrons. The normalized spacial score (nSPS) is 12.5. The first kappa shape index (κ1) is 22.1. The number of nitrogens with one attached hydrogen (secondary N) is 1. The number of carbonyl (C=O) groups excluding carboxylic acids is 4. The summed E-state index contributed by atoms with van der Waals surface area (Å²) in [5.41, 5.74) is 0.0618. The number of esters is 1. The number of para-hydroxylation sites is 1. The molecule has 1 N–H and O–H groups in total. The van der Waals surface area contributed by atoms with E-state index < -0.39 is 41.9 Å². The average molecular weight is 471 g/mol. The van der Waals surface area contributed by atoms with Gasteiger partial charge in [0.1, 0.15) is 11.6 Å². The van der Waals surface area contributed by atoms with Crippen LogP contribution in [-0.2, 0) is 9.53 Å². The first-order valence-electron chi connectivity index (χ1n) is 9.45. The first-order valence-corrected chi connectivity index (χ1v) is 9.83. The van der Waals surface area contributed by atoms with E-state index in [4.69, 9.17) is 16.3 Å². The lowest BCUT2D eigenvalue weighted by molar-refractivity contribution is -0.119. The molecule has 3 aromatic rings. The molecule has 1 aliphatic rings. The van der Waals surface area contributed by atoms with Gasteiger partial charge in [0.25, 0.3) is 17.7 Å². The molecule has 0 unspecified atom stereocenters. The summed E-state index contributed by atoms with van der Waals surface area (Å²) < 4.78 is 31.3. The molecule has 0 fully saturated rings. The molecular weight excluding hydrogens is 458 g/mol. The lowest BCUT2D eigenvalue weighted by atomic mass is 10.1. The largest absolute Gasteiger partial charge is 0.452 e. The molecule has 0 saturated carbocycles. The number of fused-ring (bicyclic) bond motifs is 1. The standard InChI is InChI=1S/C23H13ClF2N2O5/c24-18-3-1-2-4-19(18)28-21(30)16-6-5-12(7-17(16)22(28)31)23(32)33-11-20(29)27-15-9-13(25)8-14(26)10-15/h1-10H,11H2,(H,27,29). The number of amides is 3. The van der Waals surface area contributed by atoms with E-state index in [1.165, 1.54) is 30.3 Å². The Hall–Kier alpha value is -4.11. The number of ether oxygens (including phenoxy) is 1. The molecule has 33 heavy (non-hydrogen) atoms. The number of rotatable bonds is 5. The Kier molecular flexibility index (Phi) is 5.89. The van der Waals surface area contributed by atoms with Crippen LogP contribution in [0.5, 0.6) is 0 Å². The van der Waals surface area contributed by atoms with Gasteiger partial charge in [-0.3, -0.25) is 14.4 Å². The van der Waals surface area contributed by atoms with E-state index in [0.717, 1.165) is 17.0 Å². The predicted octanol–water partition coefficient (Wildman–Crippen LogP) is 4.21. The smallest absolute Gasteiger partial charge is 0.338 e. The van der Waals surface area contributed by atoms with Gasteiger partial charge in [-0.2, -0.15) is 0 Å². The summed E-state index contributed by atoms with van der Waals surface area (Å²) in [6.07, 6.45) is 0. The van der Waals surface area contributed by atoms with Crippen molar-refractivity contribution in [2.45, 2.75) is 0 Å². The maximum Gasteiger partial charge on any atom is 0.338 e. The van der Waals surface area contributed by atoms with Crippen molar-refractivity contribution in [2.24, 2.45) is 0 Å². The van der Waals surface area contributed by atoms with E-state index in [0.29, 0.717) is 6.07 Å². The number of carbonyl (C=O) groups is 4. The Labute approximate surface area is 190 Å². The van der Waals surface area contributed by atoms with Crippen LogP contribution in [0.2, 0.25) is 5.02 Å². The van der Waals surface area contributed by atoms with Crippen LogP contribution in [0, 0.1) is 11.6 Å².